The maximum absolute atomic E-state index is 11.6. The molecule has 0 aliphatic carbocycles. The molecule has 0 aliphatic heterocycles. The fraction of sp³-hybridized carbons (Fsp3) is 0.867. The first-order chi connectivity index (χ1) is 10.7. The second-order valence-electron chi connectivity index (χ2n) is 6.23. The Labute approximate surface area is 139 Å². The van der Waals surface area contributed by atoms with Gasteiger partial charge < -0.3 is 19.3 Å². The zero-order valence-electron chi connectivity index (χ0n) is 15.4. The van der Waals surface area contributed by atoms with E-state index in [1.807, 2.05) is 61.9 Å². The number of hydrogen-bond donors (Lipinski definition) is 0. The standard InChI is InChI=1S/C15H32N4O4/c1-16(2)7-9-18(5)11-14(20)22-13-23-15(21)12-19(6)10-8-17(3)4/h7-13H2,1-6H3. The third kappa shape index (κ3) is 14.1. The smallest absolute Gasteiger partial charge is 0.323 e. The number of ether oxygens (including phenoxy) is 2. The number of carbonyl (C=O) groups is 2. The highest BCUT2D eigenvalue weighted by Gasteiger charge is 2.11. The van der Waals surface area contributed by atoms with Crippen LogP contribution in [0.3, 0.4) is 0 Å². The van der Waals surface area contributed by atoms with Crippen molar-refractivity contribution in [3.8, 4) is 0 Å². The van der Waals surface area contributed by atoms with Gasteiger partial charge in [-0.1, -0.05) is 0 Å². The van der Waals surface area contributed by atoms with E-state index in [4.69, 9.17) is 9.47 Å². The lowest BCUT2D eigenvalue weighted by Gasteiger charge is -2.19. The highest BCUT2D eigenvalue weighted by Crippen LogP contribution is 1.91. The average molecular weight is 332 g/mol. The molecule has 136 valence electrons. The fourth-order valence-electron chi connectivity index (χ4n) is 1.59. The molecule has 8 nitrogen and oxygen atoms in total. The predicted molar refractivity (Wildman–Crippen MR) is 89.2 cm³/mol. The molecule has 0 heterocycles. The first-order valence-corrected chi connectivity index (χ1v) is 7.68. The molecule has 0 saturated carbocycles. The van der Waals surface area contributed by atoms with Gasteiger partial charge in [-0.05, 0) is 42.3 Å². The minimum atomic E-state index is -0.403. The molecule has 8 heteroatoms. The average Bonchev–Trinajstić information content (AvgIpc) is 2.42. The molecule has 0 bridgehead atoms. The van der Waals surface area contributed by atoms with Gasteiger partial charge in [0.2, 0.25) is 6.79 Å². The monoisotopic (exact) mass is 332 g/mol. The molecule has 0 aromatic heterocycles. The van der Waals surface area contributed by atoms with Crippen molar-refractivity contribution in [2.24, 2.45) is 0 Å². The van der Waals surface area contributed by atoms with E-state index in [0.717, 1.165) is 26.2 Å². The molecule has 0 aromatic rings. The van der Waals surface area contributed by atoms with Crippen LogP contribution in [0.2, 0.25) is 0 Å². The number of rotatable bonds is 12. The summed E-state index contributed by atoms with van der Waals surface area (Å²) in [5.74, 6) is -0.806. The Balaban J connectivity index is 3.75. The van der Waals surface area contributed by atoms with Crippen molar-refractivity contribution in [1.29, 1.82) is 0 Å². The van der Waals surface area contributed by atoms with E-state index in [-0.39, 0.29) is 19.9 Å². The molecule has 0 unspecified atom stereocenters. The highest BCUT2D eigenvalue weighted by molar-refractivity contribution is 5.73. The third-order valence-corrected chi connectivity index (χ3v) is 3.10. The fourth-order valence-corrected chi connectivity index (χ4v) is 1.59. The molecule has 0 N–H and O–H groups in total. The number of hydrogen-bond acceptors (Lipinski definition) is 8. The molecule has 23 heavy (non-hydrogen) atoms. The number of likely N-dealkylation sites (N-methyl/N-ethyl adjacent to an activating group) is 4. The second-order valence-corrected chi connectivity index (χ2v) is 6.23. The summed E-state index contributed by atoms with van der Waals surface area (Å²) < 4.78 is 9.81. The molecule has 0 spiro atoms. The van der Waals surface area contributed by atoms with Gasteiger partial charge in [-0.25, -0.2) is 0 Å². The van der Waals surface area contributed by atoms with Gasteiger partial charge in [-0.2, -0.15) is 0 Å². The lowest BCUT2D eigenvalue weighted by Crippen LogP contribution is -2.35. The summed E-state index contributed by atoms with van der Waals surface area (Å²) in [5, 5.41) is 0. The number of carbonyl (C=O) groups excluding carboxylic acids is 2. The van der Waals surface area contributed by atoms with Gasteiger partial charge in [-0.15, -0.1) is 0 Å². The van der Waals surface area contributed by atoms with Gasteiger partial charge in [-0.3, -0.25) is 19.4 Å². The molecular formula is C15H32N4O4. The maximum atomic E-state index is 11.6. The van der Waals surface area contributed by atoms with Crippen molar-refractivity contribution in [2.45, 2.75) is 0 Å². The van der Waals surface area contributed by atoms with E-state index in [2.05, 4.69) is 0 Å². The van der Waals surface area contributed by atoms with E-state index in [9.17, 15) is 9.59 Å². The van der Waals surface area contributed by atoms with Crippen LogP contribution in [0.1, 0.15) is 0 Å². The van der Waals surface area contributed by atoms with Crippen LogP contribution in [0, 0.1) is 0 Å². The van der Waals surface area contributed by atoms with Crippen LogP contribution in [0.15, 0.2) is 0 Å². The van der Waals surface area contributed by atoms with Crippen molar-refractivity contribution in [2.75, 3.05) is 88.3 Å². The minimum Gasteiger partial charge on any atom is -0.427 e. The molecule has 0 radical (unpaired) electrons. The van der Waals surface area contributed by atoms with Crippen molar-refractivity contribution >= 4 is 11.9 Å². The van der Waals surface area contributed by atoms with E-state index < -0.39 is 11.9 Å². The SMILES string of the molecule is CN(C)CCN(C)CC(=O)OCOC(=O)CN(C)CCN(C)C. The van der Waals surface area contributed by atoms with Crippen LogP contribution >= 0.6 is 0 Å². The van der Waals surface area contributed by atoms with Crippen LogP contribution in [0.25, 0.3) is 0 Å². The largest absolute Gasteiger partial charge is 0.427 e. The summed E-state index contributed by atoms with van der Waals surface area (Å²) in [6.45, 7) is 3.26. The number of esters is 2. The Bertz CT molecular complexity index is 318. The molecule has 0 aromatic carbocycles. The molecule has 0 fully saturated rings. The van der Waals surface area contributed by atoms with Crippen molar-refractivity contribution in [3.05, 3.63) is 0 Å². The molecule has 0 atom stereocenters. The summed E-state index contributed by atoms with van der Waals surface area (Å²) in [5.41, 5.74) is 0. The van der Waals surface area contributed by atoms with E-state index in [1.54, 1.807) is 0 Å². The molecule has 0 rings (SSSR count). The first kappa shape index (κ1) is 21.8. The Morgan fingerprint density at radius 1 is 0.652 bits per heavy atom. The van der Waals surface area contributed by atoms with Crippen molar-refractivity contribution in [1.82, 2.24) is 19.6 Å². The predicted octanol–water partition coefficient (Wildman–Crippen LogP) is -0.983. The van der Waals surface area contributed by atoms with Crippen molar-refractivity contribution < 1.29 is 19.1 Å². The topological polar surface area (TPSA) is 65.6 Å². The first-order valence-electron chi connectivity index (χ1n) is 7.68. The Morgan fingerprint density at radius 3 is 1.30 bits per heavy atom. The summed E-state index contributed by atoms with van der Waals surface area (Å²) in [6, 6.07) is 0. The van der Waals surface area contributed by atoms with Crippen LogP contribution < -0.4 is 0 Å². The summed E-state index contributed by atoms with van der Waals surface area (Å²) in [4.78, 5) is 31.0. The van der Waals surface area contributed by atoms with Gasteiger partial charge in [0.25, 0.3) is 0 Å². The minimum absolute atomic E-state index is 0.175. The summed E-state index contributed by atoms with van der Waals surface area (Å²) >= 11 is 0. The Kier molecular flexibility index (Phi) is 11.6. The van der Waals surface area contributed by atoms with E-state index >= 15 is 0 Å². The van der Waals surface area contributed by atoms with Crippen LogP contribution in [-0.4, -0.2) is 120 Å². The molecule has 0 aliphatic rings. The molecule has 0 amide bonds. The van der Waals surface area contributed by atoms with Gasteiger partial charge in [0, 0.05) is 26.2 Å². The second kappa shape index (κ2) is 12.2. The summed E-state index contributed by atoms with van der Waals surface area (Å²) in [7, 11) is 11.6. The normalized spacial score (nSPS) is 11.6. The maximum Gasteiger partial charge on any atom is 0.323 e. The zero-order chi connectivity index (χ0) is 17.8. The Morgan fingerprint density at radius 2 is 1.00 bits per heavy atom. The quantitative estimate of drug-likeness (QED) is 0.334. The molecule has 0 saturated heterocycles. The van der Waals surface area contributed by atoms with E-state index in [1.165, 1.54) is 0 Å². The van der Waals surface area contributed by atoms with Gasteiger partial charge >= 0.3 is 11.9 Å². The lowest BCUT2D eigenvalue weighted by atomic mass is 10.5. The van der Waals surface area contributed by atoms with Gasteiger partial charge in [0.1, 0.15) is 0 Å². The summed E-state index contributed by atoms with van der Waals surface area (Å²) in [6.07, 6.45) is 0. The van der Waals surface area contributed by atoms with Crippen molar-refractivity contribution in [3.63, 3.8) is 0 Å². The van der Waals surface area contributed by atoms with Crippen LogP contribution in [0.4, 0.5) is 0 Å². The Hall–Kier alpha value is -1.22. The molecular weight excluding hydrogens is 300 g/mol. The van der Waals surface area contributed by atoms with Crippen LogP contribution in [-0.2, 0) is 19.1 Å². The van der Waals surface area contributed by atoms with E-state index in [0.29, 0.717) is 0 Å². The number of nitrogens with zero attached hydrogens (tertiary/aromatic N) is 4. The lowest BCUT2D eigenvalue weighted by molar-refractivity contribution is -0.168. The third-order valence-electron chi connectivity index (χ3n) is 3.10. The van der Waals surface area contributed by atoms with Crippen LogP contribution in [0.5, 0.6) is 0 Å². The highest BCUT2D eigenvalue weighted by atomic mass is 16.7. The van der Waals surface area contributed by atoms with Gasteiger partial charge in [0.15, 0.2) is 0 Å². The van der Waals surface area contributed by atoms with Gasteiger partial charge in [0.05, 0.1) is 13.1 Å². The zero-order valence-corrected chi connectivity index (χ0v) is 15.4.